The Morgan fingerprint density at radius 2 is 2.00 bits per heavy atom. The number of rotatable bonds is 8. The summed E-state index contributed by atoms with van der Waals surface area (Å²) in [5.41, 5.74) is 0.691. The number of nitrogens with one attached hydrogen (secondary N) is 1. The van der Waals surface area contributed by atoms with Gasteiger partial charge in [-0.15, -0.1) is 0 Å². The molecule has 0 radical (unpaired) electrons. The zero-order chi connectivity index (χ0) is 24.2. The van der Waals surface area contributed by atoms with Gasteiger partial charge >= 0.3 is 12.1 Å². The largest absolute Gasteiger partial charge is 0.460 e. The van der Waals surface area contributed by atoms with Gasteiger partial charge in [-0.05, 0) is 31.5 Å². The number of halogens is 5. The van der Waals surface area contributed by atoms with Crippen molar-refractivity contribution in [3.05, 3.63) is 52.3 Å². The molecule has 0 aliphatic carbocycles. The Kier molecular flexibility index (Phi) is 7.82. The van der Waals surface area contributed by atoms with Crippen LogP contribution < -0.4 is 5.32 Å². The Labute approximate surface area is 196 Å². The van der Waals surface area contributed by atoms with E-state index in [1.54, 1.807) is 24.6 Å². The average molecular weight is 504 g/mol. The first-order valence-corrected chi connectivity index (χ1v) is 10.4. The number of carbonyl (C=O) groups excluding carboxylic acids is 1. The molecule has 0 amide bonds. The van der Waals surface area contributed by atoms with Crippen molar-refractivity contribution < 1.29 is 22.7 Å². The van der Waals surface area contributed by atoms with Crippen LogP contribution in [0.4, 0.5) is 13.2 Å². The number of alkyl halides is 3. The normalized spacial score (nSPS) is 12.6. The quantitative estimate of drug-likeness (QED) is 0.365. The second-order valence-corrected chi connectivity index (χ2v) is 7.55. The van der Waals surface area contributed by atoms with Crippen molar-refractivity contribution in [1.29, 1.82) is 0 Å². The maximum atomic E-state index is 12.8. The molecule has 0 bridgehead atoms. The van der Waals surface area contributed by atoms with Gasteiger partial charge in [0.15, 0.2) is 0 Å². The Morgan fingerprint density at radius 1 is 1.24 bits per heavy atom. The molecule has 3 heterocycles. The lowest BCUT2D eigenvalue weighted by molar-refractivity contribution is -0.145. The van der Waals surface area contributed by atoms with Crippen molar-refractivity contribution in [2.75, 3.05) is 6.61 Å². The standard InChI is InChI=1S/C19H18Cl2F3N7O2/c1-3-33-16(32)15-29-13(14-12(20)7-27-18(21)30-14)9-31(15)8-10(2)26-6-11-4-5-25-17(28-11)19(22,23)24/h4-5,7,9-10,26H,3,6,8H2,1-2H3/t10-/m0/s1. The molecule has 3 rings (SSSR count). The second-order valence-electron chi connectivity index (χ2n) is 6.81. The number of esters is 1. The van der Waals surface area contributed by atoms with E-state index >= 15 is 0 Å². The van der Waals surface area contributed by atoms with Gasteiger partial charge in [-0.1, -0.05) is 11.6 Å². The Hall–Kier alpha value is -2.83. The molecule has 3 aromatic heterocycles. The van der Waals surface area contributed by atoms with Gasteiger partial charge in [0.25, 0.3) is 0 Å². The Balaban J connectivity index is 1.79. The van der Waals surface area contributed by atoms with Crippen LogP contribution in [0.3, 0.4) is 0 Å². The number of ether oxygens (including phenoxy) is 1. The Morgan fingerprint density at radius 3 is 2.70 bits per heavy atom. The third-order valence-corrected chi connectivity index (χ3v) is 4.72. The van der Waals surface area contributed by atoms with E-state index in [2.05, 4.69) is 30.2 Å². The first-order valence-electron chi connectivity index (χ1n) is 9.63. The van der Waals surface area contributed by atoms with Crippen LogP contribution in [0.1, 0.15) is 36.0 Å². The summed E-state index contributed by atoms with van der Waals surface area (Å²) in [6.07, 6.45) is -0.707. The molecule has 3 aromatic rings. The molecule has 0 aliphatic heterocycles. The van der Waals surface area contributed by atoms with Crippen molar-refractivity contribution in [1.82, 2.24) is 34.8 Å². The number of aromatic nitrogens is 6. The Bertz CT molecular complexity index is 1140. The molecular weight excluding hydrogens is 486 g/mol. The van der Waals surface area contributed by atoms with Crippen LogP contribution in [0.15, 0.2) is 24.7 Å². The lowest BCUT2D eigenvalue weighted by atomic mass is 10.3. The zero-order valence-electron chi connectivity index (χ0n) is 17.4. The monoisotopic (exact) mass is 503 g/mol. The van der Waals surface area contributed by atoms with Crippen molar-refractivity contribution in [3.63, 3.8) is 0 Å². The van der Waals surface area contributed by atoms with E-state index in [-0.39, 0.29) is 59.0 Å². The summed E-state index contributed by atoms with van der Waals surface area (Å²) < 4.78 is 45.0. The lowest BCUT2D eigenvalue weighted by Crippen LogP contribution is -2.31. The van der Waals surface area contributed by atoms with Crippen LogP contribution in [0.25, 0.3) is 11.4 Å². The van der Waals surface area contributed by atoms with Gasteiger partial charge in [-0.25, -0.2) is 29.7 Å². The van der Waals surface area contributed by atoms with E-state index in [9.17, 15) is 18.0 Å². The SMILES string of the molecule is CCOC(=O)c1nc(-c2nc(Cl)ncc2Cl)cn1C[C@H](C)NCc1ccnc(C(F)(F)F)n1. The van der Waals surface area contributed by atoms with Gasteiger partial charge < -0.3 is 14.6 Å². The number of nitrogens with zero attached hydrogens (tertiary/aromatic N) is 6. The van der Waals surface area contributed by atoms with Gasteiger partial charge in [-0.3, -0.25) is 0 Å². The van der Waals surface area contributed by atoms with Crippen LogP contribution in [-0.4, -0.2) is 48.1 Å². The van der Waals surface area contributed by atoms with Crippen LogP contribution >= 0.6 is 23.2 Å². The summed E-state index contributed by atoms with van der Waals surface area (Å²) in [7, 11) is 0. The molecule has 0 aliphatic rings. The predicted molar refractivity (Wildman–Crippen MR) is 113 cm³/mol. The van der Waals surface area contributed by atoms with Crippen molar-refractivity contribution in [2.24, 2.45) is 0 Å². The van der Waals surface area contributed by atoms with Crippen LogP contribution in [0.2, 0.25) is 10.3 Å². The van der Waals surface area contributed by atoms with Crippen molar-refractivity contribution in [3.8, 4) is 11.4 Å². The molecule has 0 spiro atoms. The van der Waals surface area contributed by atoms with Crippen LogP contribution in [0, 0.1) is 0 Å². The molecule has 176 valence electrons. The molecule has 0 aromatic carbocycles. The van der Waals surface area contributed by atoms with E-state index in [1.807, 2.05) is 0 Å². The summed E-state index contributed by atoms with van der Waals surface area (Å²) in [6, 6.07) is 1.09. The molecule has 0 fully saturated rings. The van der Waals surface area contributed by atoms with Crippen LogP contribution in [-0.2, 0) is 24.0 Å². The minimum atomic E-state index is -4.63. The van der Waals surface area contributed by atoms with Gasteiger partial charge in [0.05, 0.1) is 23.5 Å². The molecule has 9 nitrogen and oxygen atoms in total. The number of hydrogen-bond acceptors (Lipinski definition) is 8. The lowest BCUT2D eigenvalue weighted by Gasteiger charge is -2.16. The molecule has 0 saturated heterocycles. The molecule has 14 heteroatoms. The van der Waals surface area contributed by atoms with E-state index in [4.69, 9.17) is 27.9 Å². The third-order valence-electron chi connectivity index (χ3n) is 4.26. The maximum Gasteiger partial charge on any atom is 0.451 e. The number of imidazole rings is 1. The summed E-state index contributed by atoms with van der Waals surface area (Å²) in [5, 5.41) is 3.21. The van der Waals surface area contributed by atoms with E-state index in [0.29, 0.717) is 0 Å². The minimum absolute atomic E-state index is 0.00713. The highest BCUT2D eigenvalue weighted by Gasteiger charge is 2.34. The van der Waals surface area contributed by atoms with Crippen molar-refractivity contribution >= 4 is 29.2 Å². The fraction of sp³-hybridized carbons (Fsp3) is 0.368. The highest BCUT2D eigenvalue weighted by Crippen LogP contribution is 2.27. The molecule has 1 N–H and O–H groups in total. The summed E-state index contributed by atoms with van der Waals surface area (Å²) in [5.74, 6) is -1.86. The van der Waals surface area contributed by atoms with E-state index in [0.717, 1.165) is 6.20 Å². The number of carbonyl (C=O) groups is 1. The van der Waals surface area contributed by atoms with Gasteiger partial charge in [0, 0.05) is 31.5 Å². The van der Waals surface area contributed by atoms with Crippen molar-refractivity contribution in [2.45, 2.75) is 39.2 Å². The fourth-order valence-electron chi connectivity index (χ4n) is 2.82. The topological polar surface area (TPSA) is 108 Å². The summed E-state index contributed by atoms with van der Waals surface area (Å²) in [6.45, 7) is 3.87. The minimum Gasteiger partial charge on any atom is -0.460 e. The van der Waals surface area contributed by atoms with E-state index in [1.165, 1.54) is 12.3 Å². The highest BCUT2D eigenvalue weighted by molar-refractivity contribution is 6.33. The highest BCUT2D eigenvalue weighted by atomic mass is 35.5. The average Bonchev–Trinajstić information content (AvgIpc) is 3.17. The molecule has 0 unspecified atom stereocenters. The summed E-state index contributed by atoms with van der Waals surface area (Å²) in [4.78, 5) is 31.3. The smallest absolute Gasteiger partial charge is 0.451 e. The second kappa shape index (κ2) is 10.4. The van der Waals surface area contributed by atoms with E-state index < -0.39 is 18.0 Å². The molecule has 0 saturated carbocycles. The predicted octanol–water partition coefficient (Wildman–Crippen LogP) is 3.81. The van der Waals surface area contributed by atoms with Gasteiger partial charge in [-0.2, -0.15) is 13.2 Å². The maximum absolute atomic E-state index is 12.8. The third kappa shape index (κ3) is 6.36. The fourth-order valence-corrected chi connectivity index (χ4v) is 3.14. The first-order chi connectivity index (χ1) is 15.6. The zero-order valence-corrected chi connectivity index (χ0v) is 18.9. The van der Waals surface area contributed by atoms with Gasteiger partial charge in [0.1, 0.15) is 11.4 Å². The molecule has 33 heavy (non-hydrogen) atoms. The first kappa shape index (κ1) is 24.8. The number of hydrogen-bond donors (Lipinski definition) is 1. The molecular formula is C19H18Cl2F3N7O2. The van der Waals surface area contributed by atoms with Gasteiger partial charge in [0.2, 0.25) is 16.9 Å². The molecule has 1 atom stereocenters. The van der Waals surface area contributed by atoms with Crippen LogP contribution in [0.5, 0.6) is 0 Å². The summed E-state index contributed by atoms with van der Waals surface area (Å²) >= 11 is 12.0.